The monoisotopic (exact) mass is 455 g/mol. The van der Waals surface area contributed by atoms with Crippen LogP contribution >= 0.6 is 0 Å². The van der Waals surface area contributed by atoms with E-state index >= 15 is 0 Å². The van der Waals surface area contributed by atoms with Gasteiger partial charge in [-0.2, -0.15) is 0 Å². The molecule has 2 N–H and O–H groups in total. The molecule has 3 rings (SSSR count). The lowest BCUT2D eigenvalue weighted by Gasteiger charge is -2.29. The molecular weight excluding hydrogens is 430 g/mol. The molecule has 0 atom stereocenters. The Morgan fingerprint density at radius 3 is 2.06 bits per heavy atom. The number of carbonyl (C=O) groups is 2. The molecule has 0 unspecified atom stereocenters. The van der Waals surface area contributed by atoms with E-state index in [2.05, 4.69) is 10.3 Å². The van der Waals surface area contributed by atoms with Gasteiger partial charge in [-0.25, -0.2) is 9.59 Å². The maximum Gasteiger partial charge on any atom is 0.336 e. The number of aromatic nitrogens is 1. The smallest absolute Gasteiger partial charge is 0.336 e. The van der Waals surface area contributed by atoms with E-state index in [4.69, 9.17) is 14.6 Å². The molecule has 2 aromatic rings. The van der Waals surface area contributed by atoms with E-state index in [1.807, 2.05) is 6.07 Å². The predicted octanol–water partition coefficient (Wildman–Crippen LogP) is 2.75. The Morgan fingerprint density at radius 1 is 1.06 bits per heavy atom. The number of aliphatic hydroxyl groups excluding tert-OH is 1. The quantitative estimate of drug-likeness (QED) is 0.395. The van der Waals surface area contributed by atoms with Crippen molar-refractivity contribution in [3.8, 4) is 0 Å². The van der Waals surface area contributed by atoms with E-state index in [1.54, 1.807) is 38.4 Å². The van der Waals surface area contributed by atoms with Crippen LogP contribution in [0.4, 0.5) is 5.69 Å². The Bertz CT molecular complexity index is 1060. The molecule has 33 heavy (non-hydrogen) atoms. The molecule has 174 valence electrons. The van der Waals surface area contributed by atoms with Crippen molar-refractivity contribution in [2.75, 3.05) is 14.2 Å². The van der Waals surface area contributed by atoms with Crippen molar-refractivity contribution in [1.29, 1.82) is 0 Å². The fraction of sp³-hybridized carbons (Fsp3) is 0.261. The number of para-hydroxylation sites is 1. The lowest BCUT2D eigenvalue weighted by atomic mass is 9.79. The molecule has 1 aliphatic heterocycles. The Morgan fingerprint density at radius 2 is 1.64 bits per heavy atom. The number of aliphatic hydroxyl groups is 1. The van der Waals surface area contributed by atoms with Crippen molar-refractivity contribution in [1.82, 2.24) is 10.3 Å². The number of hydrogen-bond acceptors (Lipinski definition) is 9. The van der Waals surface area contributed by atoms with Gasteiger partial charge in [-0.1, -0.05) is 24.3 Å². The average molecular weight is 455 g/mol. The van der Waals surface area contributed by atoms with Crippen molar-refractivity contribution in [3.63, 3.8) is 0 Å². The minimum absolute atomic E-state index is 0.0772. The van der Waals surface area contributed by atoms with Crippen LogP contribution < -0.4 is 5.32 Å². The fourth-order valence-corrected chi connectivity index (χ4v) is 3.46. The molecule has 0 aliphatic carbocycles. The van der Waals surface area contributed by atoms with E-state index in [1.165, 1.54) is 32.4 Å². The maximum atomic E-state index is 12.3. The summed E-state index contributed by atoms with van der Waals surface area (Å²) in [6, 6.07) is 9.59. The molecule has 0 saturated heterocycles. The second kappa shape index (κ2) is 11.5. The molecule has 10 heteroatoms. The summed E-state index contributed by atoms with van der Waals surface area (Å²) in [6.07, 6.45) is 3.32. The van der Waals surface area contributed by atoms with E-state index < -0.39 is 22.8 Å². The number of nitrogens with zero attached hydrogens (tertiary/aromatic N) is 2. The second-order valence-electron chi connectivity index (χ2n) is 6.95. The summed E-state index contributed by atoms with van der Waals surface area (Å²) in [5.41, 5.74) is 2.05. The molecular formula is C23H25N3O7. The maximum absolute atomic E-state index is 12.3. The Kier molecular flexibility index (Phi) is 8.81. The third-order valence-corrected chi connectivity index (χ3v) is 4.92. The SMILES string of the molecule is COC(=O)C1=C(C)NC(C)=C(C(=O)OC)C1c1ccccc1[N+](=O)[O-].OCc1cccnc1. The van der Waals surface area contributed by atoms with Gasteiger partial charge in [0.15, 0.2) is 0 Å². The summed E-state index contributed by atoms with van der Waals surface area (Å²) in [5, 5.41) is 22.9. The van der Waals surface area contributed by atoms with Gasteiger partial charge in [0, 0.05) is 35.4 Å². The highest BCUT2D eigenvalue weighted by Crippen LogP contribution is 2.42. The first-order valence-corrected chi connectivity index (χ1v) is 9.85. The second-order valence-corrected chi connectivity index (χ2v) is 6.95. The van der Waals surface area contributed by atoms with Crippen molar-refractivity contribution < 1.29 is 29.1 Å². The van der Waals surface area contributed by atoms with Crippen molar-refractivity contribution in [2.24, 2.45) is 0 Å². The van der Waals surface area contributed by atoms with Crippen LogP contribution in [0.2, 0.25) is 0 Å². The van der Waals surface area contributed by atoms with Crippen LogP contribution in [0.25, 0.3) is 0 Å². The van der Waals surface area contributed by atoms with Crippen molar-refractivity contribution in [2.45, 2.75) is 26.4 Å². The molecule has 0 spiro atoms. The number of nitro groups is 1. The summed E-state index contributed by atoms with van der Waals surface area (Å²) in [7, 11) is 2.42. The molecule has 1 aromatic heterocycles. The number of esters is 2. The predicted molar refractivity (Wildman–Crippen MR) is 119 cm³/mol. The van der Waals surface area contributed by atoms with Gasteiger partial charge < -0.3 is 19.9 Å². The molecule has 0 saturated carbocycles. The number of allylic oxidation sites excluding steroid dienone is 2. The van der Waals surface area contributed by atoms with Crippen LogP contribution in [0.15, 0.2) is 71.3 Å². The minimum Gasteiger partial charge on any atom is -0.466 e. The number of nitrogens with one attached hydrogen (secondary N) is 1. The van der Waals surface area contributed by atoms with Gasteiger partial charge in [-0.05, 0) is 25.5 Å². The van der Waals surface area contributed by atoms with Gasteiger partial charge in [-0.3, -0.25) is 15.1 Å². The van der Waals surface area contributed by atoms with Gasteiger partial charge in [0.05, 0.1) is 42.8 Å². The highest BCUT2D eigenvalue weighted by Gasteiger charge is 2.40. The topological polar surface area (TPSA) is 141 Å². The number of pyridine rings is 1. The van der Waals surface area contributed by atoms with E-state index in [-0.39, 0.29) is 29.0 Å². The van der Waals surface area contributed by atoms with Crippen LogP contribution in [0, 0.1) is 10.1 Å². The third kappa shape index (κ3) is 5.80. The highest BCUT2D eigenvalue weighted by molar-refractivity contribution is 6.00. The molecule has 0 fully saturated rings. The molecule has 10 nitrogen and oxygen atoms in total. The Hall–Kier alpha value is -4.05. The Balaban J connectivity index is 0.000000405. The van der Waals surface area contributed by atoms with Gasteiger partial charge in [0.2, 0.25) is 0 Å². The zero-order chi connectivity index (χ0) is 24.5. The highest BCUT2D eigenvalue weighted by atomic mass is 16.6. The summed E-state index contributed by atoms with van der Waals surface area (Å²) in [4.78, 5) is 39.4. The number of ether oxygens (including phenoxy) is 2. The molecule has 1 aliphatic rings. The lowest BCUT2D eigenvalue weighted by molar-refractivity contribution is -0.385. The van der Waals surface area contributed by atoms with Gasteiger partial charge in [0.1, 0.15) is 0 Å². The normalized spacial score (nSPS) is 13.5. The first-order valence-electron chi connectivity index (χ1n) is 9.85. The largest absolute Gasteiger partial charge is 0.466 e. The van der Waals surface area contributed by atoms with Crippen molar-refractivity contribution >= 4 is 17.6 Å². The van der Waals surface area contributed by atoms with E-state index in [0.29, 0.717) is 11.4 Å². The summed E-state index contributed by atoms with van der Waals surface area (Å²) >= 11 is 0. The number of benzene rings is 1. The average Bonchev–Trinajstić information content (AvgIpc) is 2.83. The summed E-state index contributed by atoms with van der Waals surface area (Å²) < 4.78 is 9.66. The first-order chi connectivity index (χ1) is 15.8. The van der Waals surface area contributed by atoms with E-state index in [9.17, 15) is 19.7 Å². The zero-order valence-corrected chi connectivity index (χ0v) is 18.7. The number of carbonyl (C=O) groups excluding carboxylic acids is 2. The van der Waals surface area contributed by atoms with E-state index in [0.717, 1.165) is 5.56 Å². The number of rotatable bonds is 5. The molecule has 0 bridgehead atoms. The van der Waals surface area contributed by atoms with Crippen LogP contribution in [0.3, 0.4) is 0 Å². The van der Waals surface area contributed by atoms with Gasteiger partial charge >= 0.3 is 11.9 Å². The van der Waals surface area contributed by atoms with Crippen LogP contribution in [-0.2, 0) is 25.7 Å². The van der Waals surface area contributed by atoms with Crippen molar-refractivity contribution in [3.05, 3.63) is 92.6 Å². The number of nitro benzene ring substituents is 1. The molecule has 0 amide bonds. The molecule has 1 aromatic carbocycles. The number of dihydropyridines is 1. The molecule has 0 radical (unpaired) electrons. The number of hydrogen-bond donors (Lipinski definition) is 2. The Labute approximate surface area is 190 Å². The fourth-order valence-electron chi connectivity index (χ4n) is 3.46. The van der Waals surface area contributed by atoms with Gasteiger partial charge in [-0.15, -0.1) is 0 Å². The van der Waals surface area contributed by atoms with Crippen LogP contribution in [-0.4, -0.2) is 41.2 Å². The summed E-state index contributed by atoms with van der Waals surface area (Å²) in [6.45, 7) is 3.37. The van der Waals surface area contributed by atoms with Crippen LogP contribution in [0.1, 0.15) is 30.9 Å². The standard InChI is InChI=1S/C17H18N2O6.C6H7NO/c1-9-13(16(20)24-3)15(14(10(2)18-9)17(21)25-4)11-7-5-6-8-12(11)19(22)23;8-5-6-2-1-3-7-4-6/h5-8,15,18H,1-4H3;1-4,8H,5H2. The summed E-state index contributed by atoms with van der Waals surface area (Å²) in [5.74, 6) is -2.33. The van der Waals surface area contributed by atoms with Gasteiger partial charge in [0.25, 0.3) is 5.69 Å². The molecule has 2 heterocycles. The first kappa shape index (κ1) is 25.2. The zero-order valence-electron chi connectivity index (χ0n) is 18.7. The number of methoxy groups -OCH3 is 2. The lowest BCUT2D eigenvalue weighted by Crippen LogP contribution is -2.32. The minimum atomic E-state index is -0.970. The third-order valence-electron chi connectivity index (χ3n) is 4.92. The van der Waals surface area contributed by atoms with Crippen LogP contribution in [0.5, 0.6) is 0 Å².